The molecule has 4 nitrogen and oxygen atoms in total. The van der Waals surface area contributed by atoms with E-state index in [1.807, 2.05) is 13.8 Å². The Hall–Kier alpha value is -1.41. The number of alkyl halides is 3. The van der Waals surface area contributed by atoms with E-state index in [0.29, 0.717) is 0 Å². The van der Waals surface area contributed by atoms with E-state index in [1.54, 1.807) is 0 Å². The van der Waals surface area contributed by atoms with Crippen molar-refractivity contribution in [1.29, 1.82) is 0 Å². The minimum atomic E-state index is -4.85. The Morgan fingerprint density at radius 2 is 1.74 bits per heavy atom. The van der Waals surface area contributed by atoms with Crippen LogP contribution >= 0.6 is 0 Å². The van der Waals surface area contributed by atoms with Crippen molar-refractivity contribution in [2.75, 3.05) is 6.61 Å². The molecule has 0 radical (unpaired) electrons. The summed E-state index contributed by atoms with van der Waals surface area (Å²) in [6, 6.07) is 3.18. The molecule has 0 spiro atoms. The predicted octanol–water partition coefficient (Wildman–Crippen LogP) is 1.30. The van der Waals surface area contributed by atoms with E-state index in [1.165, 1.54) is 6.07 Å². The lowest BCUT2D eigenvalue weighted by molar-refractivity contribution is -0.274. The molecule has 0 heterocycles. The van der Waals surface area contributed by atoms with Crippen LogP contribution in [0.2, 0.25) is 0 Å². The van der Waals surface area contributed by atoms with Crippen LogP contribution in [0, 0.1) is 5.92 Å². The van der Waals surface area contributed by atoms with Crippen molar-refractivity contribution in [1.82, 2.24) is 0 Å². The molecule has 19 heavy (non-hydrogen) atoms. The van der Waals surface area contributed by atoms with Crippen LogP contribution in [0.3, 0.4) is 0 Å². The van der Waals surface area contributed by atoms with E-state index in [0.717, 1.165) is 12.1 Å². The molecule has 0 saturated carbocycles. The Labute approximate surface area is 108 Å². The number of hydrogen-bond acceptors (Lipinski definition) is 4. The first-order valence-corrected chi connectivity index (χ1v) is 5.57. The second-order valence-corrected chi connectivity index (χ2v) is 4.36. The van der Waals surface area contributed by atoms with Crippen LogP contribution in [-0.2, 0) is 0 Å². The molecule has 1 rings (SSSR count). The van der Waals surface area contributed by atoms with Crippen molar-refractivity contribution in [2.24, 2.45) is 5.92 Å². The van der Waals surface area contributed by atoms with Gasteiger partial charge in [-0.25, -0.2) is 0 Å². The Kier molecular flexibility index (Phi) is 5.08. The molecule has 0 aliphatic carbocycles. The van der Waals surface area contributed by atoms with Gasteiger partial charge in [0.05, 0.1) is 6.61 Å². The van der Waals surface area contributed by atoms with Crippen LogP contribution in [-0.4, -0.2) is 30.1 Å². The molecule has 2 N–H and O–H groups in total. The Bertz CT molecular complexity index is 421. The molecule has 106 valence electrons. The van der Waals surface area contributed by atoms with Crippen LogP contribution in [0.15, 0.2) is 18.2 Å². The number of ether oxygens (including phenoxy) is 2. The van der Waals surface area contributed by atoms with Gasteiger partial charge < -0.3 is 19.5 Å². The van der Waals surface area contributed by atoms with Gasteiger partial charge in [-0.05, 0) is 23.5 Å². The number of benzene rings is 1. The zero-order valence-electron chi connectivity index (χ0n) is 10.4. The second-order valence-electron chi connectivity index (χ2n) is 4.36. The molecule has 0 saturated heterocycles. The van der Waals surface area contributed by atoms with Crippen molar-refractivity contribution < 1.29 is 32.7 Å². The molecule has 0 aliphatic rings. The Balaban J connectivity index is 2.97. The van der Waals surface area contributed by atoms with Crippen LogP contribution in [0.4, 0.5) is 13.2 Å². The van der Waals surface area contributed by atoms with Gasteiger partial charge in [0.25, 0.3) is 0 Å². The summed E-state index contributed by atoms with van der Waals surface area (Å²) in [6.07, 6.45) is -4.85. The molecule has 1 aromatic carbocycles. The highest BCUT2D eigenvalue weighted by Crippen LogP contribution is 2.25. The molecule has 0 fully saturated rings. The molecule has 0 unspecified atom stereocenters. The molecular weight excluding hydrogens is 264 g/mol. The van der Waals surface area contributed by atoms with E-state index >= 15 is 0 Å². The standard InChI is InChI=1S/C11H14BF3O4/c1-7(2)6-18-9-3-8(12(16)17)4-10(5-9)19-11(13,14)15/h3-5,7,16-17H,6H2,1-2H3. The maximum Gasteiger partial charge on any atom is 0.573 e. The van der Waals surface area contributed by atoms with Crippen LogP contribution in [0.25, 0.3) is 0 Å². The molecule has 0 atom stereocenters. The largest absolute Gasteiger partial charge is 0.573 e. The lowest BCUT2D eigenvalue weighted by Crippen LogP contribution is -2.30. The molecule has 0 amide bonds. The highest BCUT2D eigenvalue weighted by atomic mass is 19.4. The van der Waals surface area contributed by atoms with E-state index in [-0.39, 0.29) is 23.7 Å². The molecule has 0 aromatic heterocycles. The normalized spacial score (nSPS) is 11.6. The SMILES string of the molecule is CC(C)COc1cc(OC(F)(F)F)cc(B(O)O)c1. The number of hydrogen-bond donors (Lipinski definition) is 2. The lowest BCUT2D eigenvalue weighted by atomic mass is 9.80. The van der Waals surface area contributed by atoms with Gasteiger partial charge in [-0.1, -0.05) is 13.8 Å². The maximum absolute atomic E-state index is 12.1. The van der Waals surface area contributed by atoms with Gasteiger partial charge >= 0.3 is 13.5 Å². The van der Waals surface area contributed by atoms with Crippen molar-refractivity contribution >= 4 is 12.6 Å². The Morgan fingerprint density at radius 1 is 1.16 bits per heavy atom. The maximum atomic E-state index is 12.1. The fraction of sp³-hybridized carbons (Fsp3) is 0.455. The first-order valence-electron chi connectivity index (χ1n) is 5.57. The fourth-order valence-corrected chi connectivity index (χ4v) is 1.28. The summed E-state index contributed by atoms with van der Waals surface area (Å²) in [5.41, 5.74) is -0.138. The van der Waals surface area contributed by atoms with Gasteiger partial charge in [-0.2, -0.15) is 0 Å². The molecule has 8 heteroatoms. The zero-order chi connectivity index (χ0) is 14.6. The summed E-state index contributed by atoms with van der Waals surface area (Å²) in [5.74, 6) is -0.301. The average Bonchev–Trinajstić information content (AvgIpc) is 2.23. The quantitative estimate of drug-likeness (QED) is 0.797. The van der Waals surface area contributed by atoms with Crippen molar-refractivity contribution in [3.8, 4) is 11.5 Å². The number of rotatable bonds is 5. The summed E-state index contributed by atoms with van der Waals surface area (Å²) in [4.78, 5) is 0. The highest BCUT2D eigenvalue weighted by Gasteiger charge is 2.31. The smallest absolute Gasteiger partial charge is 0.493 e. The monoisotopic (exact) mass is 278 g/mol. The van der Waals surface area contributed by atoms with E-state index in [9.17, 15) is 13.2 Å². The van der Waals surface area contributed by atoms with Crippen LogP contribution < -0.4 is 14.9 Å². The predicted molar refractivity (Wildman–Crippen MR) is 63.3 cm³/mol. The Morgan fingerprint density at radius 3 is 2.21 bits per heavy atom. The molecule has 1 aromatic rings. The van der Waals surface area contributed by atoms with Crippen molar-refractivity contribution in [3.63, 3.8) is 0 Å². The number of halogens is 3. The summed E-state index contributed by atoms with van der Waals surface area (Å²) < 4.78 is 45.4. The fourth-order valence-electron chi connectivity index (χ4n) is 1.28. The zero-order valence-corrected chi connectivity index (χ0v) is 10.4. The molecule has 0 aliphatic heterocycles. The van der Waals surface area contributed by atoms with Gasteiger partial charge in [0.15, 0.2) is 0 Å². The third-order valence-electron chi connectivity index (χ3n) is 2.02. The lowest BCUT2D eigenvalue weighted by Gasteiger charge is -2.14. The summed E-state index contributed by atoms with van der Waals surface area (Å²) in [6.45, 7) is 4.03. The van der Waals surface area contributed by atoms with Crippen molar-refractivity contribution in [3.05, 3.63) is 18.2 Å². The van der Waals surface area contributed by atoms with Crippen LogP contribution in [0.1, 0.15) is 13.8 Å². The van der Waals surface area contributed by atoms with Gasteiger partial charge in [0.2, 0.25) is 0 Å². The first-order chi connectivity index (χ1) is 8.67. The van der Waals surface area contributed by atoms with Gasteiger partial charge in [0, 0.05) is 6.07 Å². The molecular formula is C11H14BF3O4. The summed E-state index contributed by atoms with van der Waals surface area (Å²) in [7, 11) is -1.90. The van der Waals surface area contributed by atoms with E-state index in [4.69, 9.17) is 14.8 Å². The summed E-state index contributed by atoms with van der Waals surface area (Å²) >= 11 is 0. The third-order valence-corrected chi connectivity index (χ3v) is 2.02. The topological polar surface area (TPSA) is 58.9 Å². The van der Waals surface area contributed by atoms with Gasteiger partial charge in [-0.3, -0.25) is 0 Å². The first kappa shape index (κ1) is 15.7. The van der Waals surface area contributed by atoms with Gasteiger partial charge in [-0.15, -0.1) is 13.2 Å². The van der Waals surface area contributed by atoms with Crippen LogP contribution in [0.5, 0.6) is 11.5 Å². The van der Waals surface area contributed by atoms with E-state index < -0.39 is 19.2 Å². The van der Waals surface area contributed by atoms with Crippen molar-refractivity contribution in [2.45, 2.75) is 20.2 Å². The third kappa shape index (κ3) is 5.84. The minimum Gasteiger partial charge on any atom is -0.493 e. The molecule has 0 bridgehead atoms. The summed E-state index contributed by atoms with van der Waals surface area (Å²) in [5, 5.41) is 18.0. The average molecular weight is 278 g/mol. The second kappa shape index (κ2) is 6.16. The highest BCUT2D eigenvalue weighted by molar-refractivity contribution is 6.58. The van der Waals surface area contributed by atoms with E-state index in [2.05, 4.69) is 4.74 Å². The van der Waals surface area contributed by atoms with Gasteiger partial charge in [0.1, 0.15) is 11.5 Å². The minimum absolute atomic E-state index is 0.0820.